The first-order chi connectivity index (χ1) is 11.4. The number of fused-ring (bicyclic) bond motifs is 1. The number of benzene rings is 1. The highest BCUT2D eigenvalue weighted by Crippen LogP contribution is 2.34. The lowest BCUT2D eigenvalue weighted by Gasteiger charge is -2.25. The molecule has 1 saturated carbocycles. The Morgan fingerprint density at radius 2 is 1.96 bits per heavy atom. The molecule has 0 unspecified atom stereocenters. The van der Waals surface area contributed by atoms with Crippen molar-refractivity contribution in [1.82, 2.24) is 5.32 Å². The van der Waals surface area contributed by atoms with Crippen molar-refractivity contribution in [3.63, 3.8) is 0 Å². The molecule has 0 saturated heterocycles. The Hall–Kier alpha value is -1.96. The highest BCUT2D eigenvalue weighted by Gasteiger charge is 2.24. The predicted octanol–water partition coefficient (Wildman–Crippen LogP) is 1.28. The highest BCUT2D eigenvalue weighted by atomic mass is 32.2. The number of carbonyl (C=O) groups is 1. The minimum Gasteiger partial charge on any atom is -0.486 e. The van der Waals surface area contributed by atoms with Crippen LogP contribution in [-0.4, -0.2) is 46.4 Å². The van der Waals surface area contributed by atoms with Gasteiger partial charge in [0.1, 0.15) is 13.2 Å². The van der Waals surface area contributed by atoms with E-state index in [1.807, 2.05) is 0 Å². The van der Waals surface area contributed by atoms with Gasteiger partial charge >= 0.3 is 0 Å². The van der Waals surface area contributed by atoms with Crippen LogP contribution in [0, 0.1) is 0 Å². The molecule has 0 atom stereocenters. The van der Waals surface area contributed by atoms with Crippen LogP contribution < -0.4 is 19.1 Å². The number of nitrogens with zero attached hydrogens (tertiary/aromatic N) is 1. The fourth-order valence-corrected chi connectivity index (χ4v) is 3.54. The van der Waals surface area contributed by atoms with Crippen LogP contribution in [0.4, 0.5) is 5.69 Å². The van der Waals surface area contributed by atoms with Crippen LogP contribution in [0.3, 0.4) is 0 Å². The number of hydrogen-bond donors (Lipinski definition) is 1. The zero-order chi connectivity index (χ0) is 17.2. The lowest BCUT2D eigenvalue weighted by molar-refractivity contribution is -0.121. The third-order valence-electron chi connectivity index (χ3n) is 3.92. The summed E-state index contributed by atoms with van der Waals surface area (Å²) >= 11 is 0. The van der Waals surface area contributed by atoms with Crippen LogP contribution in [-0.2, 0) is 14.8 Å². The van der Waals surface area contributed by atoms with Crippen molar-refractivity contribution >= 4 is 21.6 Å². The molecule has 1 aliphatic carbocycles. The number of hydrogen-bond acceptors (Lipinski definition) is 5. The number of ether oxygens (including phenoxy) is 2. The molecule has 1 heterocycles. The second-order valence-corrected chi connectivity index (χ2v) is 8.02. The molecule has 132 valence electrons. The van der Waals surface area contributed by atoms with Crippen molar-refractivity contribution in [2.75, 3.05) is 30.3 Å². The number of carbonyl (C=O) groups excluding carboxylic acids is 1. The average molecular weight is 354 g/mol. The second kappa shape index (κ2) is 6.88. The molecule has 1 amide bonds. The van der Waals surface area contributed by atoms with Gasteiger partial charge in [0.25, 0.3) is 0 Å². The van der Waals surface area contributed by atoms with Gasteiger partial charge in [0, 0.05) is 25.1 Å². The quantitative estimate of drug-likeness (QED) is 0.797. The van der Waals surface area contributed by atoms with E-state index in [4.69, 9.17) is 9.47 Å². The third kappa shape index (κ3) is 4.31. The van der Waals surface area contributed by atoms with E-state index in [1.165, 1.54) is 4.31 Å². The van der Waals surface area contributed by atoms with E-state index in [-0.39, 0.29) is 12.5 Å². The summed E-state index contributed by atoms with van der Waals surface area (Å²) < 4.78 is 36.5. The molecule has 1 aliphatic heterocycles. The van der Waals surface area contributed by atoms with Crippen LogP contribution in [0.5, 0.6) is 11.5 Å². The Morgan fingerprint density at radius 3 is 2.62 bits per heavy atom. The predicted molar refractivity (Wildman–Crippen MR) is 90.0 cm³/mol. The first-order valence-corrected chi connectivity index (χ1v) is 9.95. The number of rotatable bonds is 7. The molecule has 0 bridgehead atoms. The number of nitrogens with one attached hydrogen (secondary N) is 1. The Morgan fingerprint density at radius 1 is 1.25 bits per heavy atom. The maximum atomic E-state index is 12.1. The van der Waals surface area contributed by atoms with Gasteiger partial charge in [-0.1, -0.05) is 0 Å². The Balaban J connectivity index is 1.66. The lowest BCUT2D eigenvalue weighted by atomic mass is 10.2. The normalized spacial score (nSPS) is 16.5. The van der Waals surface area contributed by atoms with Crippen LogP contribution in [0.1, 0.15) is 25.7 Å². The number of amides is 1. The minimum atomic E-state index is -3.45. The van der Waals surface area contributed by atoms with Gasteiger partial charge in [0.15, 0.2) is 11.5 Å². The first-order valence-electron chi connectivity index (χ1n) is 8.10. The molecule has 2 aliphatic rings. The topological polar surface area (TPSA) is 84.9 Å². The monoisotopic (exact) mass is 354 g/mol. The van der Waals surface area contributed by atoms with E-state index < -0.39 is 10.0 Å². The summed E-state index contributed by atoms with van der Waals surface area (Å²) in [5.41, 5.74) is 0.518. The molecule has 1 fully saturated rings. The molecular weight excluding hydrogens is 332 g/mol. The molecule has 0 radical (unpaired) electrons. The van der Waals surface area contributed by atoms with Crippen molar-refractivity contribution in [3.8, 4) is 11.5 Å². The summed E-state index contributed by atoms with van der Waals surface area (Å²) in [5.74, 6) is 1.13. The minimum absolute atomic E-state index is 0.0203. The van der Waals surface area contributed by atoms with Gasteiger partial charge in [-0.3, -0.25) is 9.10 Å². The smallest absolute Gasteiger partial charge is 0.232 e. The fourth-order valence-electron chi connectivity index (χ4n) is 2.58. The summed E-state index contributed by atoms with van der Waals surface area (Å²) in [6, 6.07) is 5.39. The van der Waals surface area contributed by atoms with Gasteiger partial charge in [0.05, 0.1) is 11.9 Å². The van der Waals surface area contributed by atoms with E-state index >= 15 is 0 Å². The second-order valence-electron chi connectivity index (χ2n) is 6.11. The van der Waals surface area contributed by atoms with Crippen LogP contribution in [0.15, 0.2) is 18.2 Å². The van der Waals surface area contributed by atoms with Crippen molar-refractivity contribution in [3.05, 3.63) is 18.2 Å². The van der Waals surface area contributed by atoms with E-state index in [0.29, 0.717) is 49.3 Å². The van der Waals surface area contributed by atoms with E-state index in [1.54, 1.807) is 18.2 Å². The van der Waals surface area contributed by atoms with E-state index in [2.05, 4.69) is 5.32 Å². The Labute approximate surface area is 142 Å². The molecule has 3 rings (SSSR count). The molecule has 1 N–H and O–H groups in total. The van der Waals surface area contributed by atoms with Gasteiger partial charge in [-0.2, -0.15) is 0 Å². The molecule has 8 heteroatoms. The van der Waals surface area contributed by atoms with Gasteiger partial charge in [-0.25, -0.2) is 8.42 Å². The van der Waals surface area contributed by atoms with Crippen molar-refractivity contribution in [1.29, 1.82) is 0 Å². The molecule has 0 aromatic heterocycles. The number of sulfonamides is 1. The standard InChI is InChI=1S/C16H22N2O5S/c1-24(20,21)18(8-2-3-16(19)17-12-4-5-12)13-6-7-14-15(11-13)23-10-9-22-14/h6-7,11-12H,2-5,8-10H2,1H3,(H,17,19). The van der Waals surface area contributed by atoms with Gasteiger partial charge in [-0.15, -0.1) is 0 Å². The van der Waals surface area contributed by atoms with E-state index in [9.17, 15) is 13.2 Å². The molecule has 7 nitrogen and oxygen atoms in total. The fraction of sp³-hybridized carbons (Fsp3) is 0.562. The summed E-state index contributed by atoms with van der Waals surface area (Å²) in [4.78, 5) is 11.7. The SMILES string of the molecule is CS(=O)(=O)N(CCCC(=O)NC1CC1)c1ccc2c(c1)OCCO2. The van der Waals surface area contributed by atoms with Crippen LogP contribution >= 0.6 is 0 Å². The molecule has 24 heavy (non-hydrogen) atoms. The zero-order valence-corrected chi connectivity index (χ0v) is 14.5. The highest BCUT2D eigenvalue weighted by molar-refractivity contribution is 7.92. The van der Waals surface area contributed by atoms with Crippen LogP contribution in [0.25, 0.3) is 0 Å². The lowest BCUT2D eigenvalue weighted by Crippen LogP contribution is -2.32. The largest absolute Gasteiger partial charge is 0.486 e. The maximum absolute atomic E-state index is 12.1. The van der Waals surface area contributed by atoms with E-state index in [0.717, 1.165) is 19.1 Å². The molecule has 0 spiro atoms. The number of anilines is 1. The summed E-state index contributed by atoms with van der Waals surface area (Å²) in [6.45, 7) is 1.17. The average Bonchev–Trinajstić information content (AvgIpc) is 3.34. The summed E-state index contributed by atoms with van der Waals surface area (Å²) in [7, 11) is -3.45. The van der Waals surface area contributed by atoms with Gasteiger partial charge in [0.2, 0.25) is 15.9 Å². The van der Waals surface area contributed by atoms with Crippen molar-refractivity contribution < 1.29 is 22.7 Å². The Bertz CT molecular complexity index is 715. The molecule has 1 aromatic rings. The van der Waals surface area contributed by atoms with Gasteiger partial charge < -0.3 is 14.8 Å². The first kappa shape index (κ1) is 16.9. The zero-order valence-electron chi connectivity index (χ0n) is 13.7. The summed E-state index contributed by atoms with van der Waals surface area (Å²) in [6.07, 6.45) is 4.01. The molecular formula is C16H22N2O5S. The van der Waals surface area contributed by atoms with Crippen molar-refractivity contribution in [2.24, 2.45) is 0 Å². The van der Waals surface area contributed by atoms with Crippen molar-refractivity contribution in [2.45, 2.75) is 31.7 Å². The Kier molecular flexibility index (Phi) is 4.84. The van der Waals surface area contributed by atoms with Crippen LogP contribution in [0.2, 0.25) is 0 Å². The molecule has 1 aromatic carbocycles. The maximum Gasteiger partial charge on any atom is 0.232 e. The van der Waals surface area contributed by atoms with Gasteiger partial charge in [-0.05, 0) is 31.4 Å². The summed E-state index contributed by atoms with van der Waals surface area (Å²) in [5, 5.41) is 2.90. The third-order valence-corrected chi connectivity index (χ3v) is 5.12.